The number of aryl methyl sites for hydroxylation is 1. The standard InChI is InChI=1S/C20H17NO2S/c1-15-20(24-14-21-15)18(22)12-11-17-9-5-6-10-19(17)23-13-16-7-3-2-4-8-16/h2-12,14H,13H2,1H3. The number of rotatable bonds is 6. The molecule has 120 valence electrons. The van der Waals surface area contributed by atoms with E-state index >= 15 is 0 Å². The lowest BCUT2D eigenvalue weighted by molar-refractivity contribution is 0.105. The SMILES string of the molecule is Cc1ncsc1C(=O)C=Cc1ccccc1OCc1ccccc1. The van der Waals surface area contributed by atoms with Gasteiger partial charge in [-0.05, 0) is 30.7 Å². The highest BCUT2D eigenvalue weighted by atomic mass is 32.1. The summed E-state index contributed by atoms with van der Waals surface area (Å²) in [6.45, 7) is 2.34. The minimum Gasteiger partial charge on any atom is -0.488 e. The maximum Gasteiger partial charge on any atom is 0.197 e. The van der Waals surface area contributed by atoms with Gasteiger partial charge in [0.2, 0.25) is 0 Å². The summed E-state index contributed by atoms with van der Waals surface area (Å²) in [6.07, 6.45) is 3.37. The molecule has 0 aliphatic rings. The van der Waals surface area contributed by atoms with Gasteiger partial charge in [0.25, 0.3) is 0 Å². The number of thiazole rings is 1. The van der Waals surface area contributed by atoms with E-state index in [1.54, 1.807) is 17.7 Å². The van der Waals surface area contributed by atoms with E-state index in [2.05, 4.69) is 4.98 Å². The van der Waals surface area contributed by atoms with Crippen molar-refractivity contribution in [1.29, 1.82) is 0 Å². The summed E-state index contributed by atoms with van der Waals surface area (Å²) in [5, 5.41) is 0. The van der Waals surface area contributed by atoms with E-state index in [1.807, 2.05) is 61.5 Å². The molecule has 24 heavy (non-hydrogen) atoms. The summed E-state index contributed by atoms with van der Waals surface area (Å²) in [6, 6.07) is 17.7. The highest BCUT2D eigenvalue weighted by Gasteiger charge is 2.09. The summed E-state index contributed by atoms with van der Waals surface area (Å²) in [4.78, 5) is 17.0. The molecular formula is C20H17NO2S. The molecular weight excluding hydrogens is 318 g/mol. The van der Waals surface area contributed by atoms with E-state index in [0.717, 1.165) is 22.6 Å². The van der Waals surface area contributed by atoms with Crippen molar-refractivity contribution in [3.8, 4) is 5.75 Å². The van der Waals surface area contributed by atoms with Crippen LogP contribution in [0.25, 0.3) is 6.08 Å². The molecule has 0 aliphatic heterocycles. The first-order valence-electron chi connectivity index (χ1n) is 7.62. The van der Waals surface area contributed by atoms with Gasteiger partial charge < -0.3 is 4.74 Å². The monoisotopic (exact) mass is 335 g/mol. The molecule has 3 aromatic rings. The summed E-state index contributed by atoms with van der Waals surface area (Å²) in [5.41, 5.74) is 4.44. The average Bonchev–Trinajstić information content (AvgIpc) is 3.05. The molecule has 2 aromatic carbocycles. The molecule has 4 heteroatoms. The fraction of sp³-hybridized carbons (Fsp3) is 0.100. The Morgan fingerprint density at radius 1 is 1.12 bits per heavy atom. The lowest BCUT2D eigenvalue weighted by atomic mass is 10.1. The van der Waals surface area contributed by atoms with Crippen LogP contribution in [0.1, 0.15) is 26.5 Å². The van der Waals surface area contributed by atoms with Gasteiger partial charge in [-0.1, -0.05) is 48.5 Å². The number of para-hydroxylation sites is 1. The number of hydrogen-bond donors (Lipinski definition) is 0. The van der Waals surface area contributed by atoms with Crippen LogP contribution in [0.2, 0.25) is 0 Å². The molecule has 1 aromatic heterocycles. The van der Waals surface area contributed by atoms with Crippen molar-refractivity contribution >= 4 is 23.2 Å². The van der Waals surface area contributed by atoms with Gasteiger partial charge in [-0.15, -0.1) is 11.3 Å². The lowest BCUT2D eigenvalue weighted by Gasteiger charge is -2.09. The van der Waals surface area contributed by atoms with E-state index in [1.165, 1.54) is 11.3 Å². The van der Waals surface area contributed by atoms with Crippen LogP contribution < -0.4 is 4.74 Å². The van der Waals surface area contributed by atoms with Gasteiger partial charge in [0.05, 0.1) is 16.1 Å². The molecule has 0 fully saturated rings. The molecule has 3 rings (SSSR count). The van der Waals surface area contributed by atoms with Crippen LogP contribution in [0.3, 0.4) is 0 Å². The largest absolute Gasteiger partial charge is 0.488 e. The molecule has 0 N–H and O–H groups in total. The molecule has 0 radical (unpaired) electrons. The third-order valence-electron chi connectivity index (χ3n) is 3.54. The molecule has 0 spiro atoms. The number of ether oxygens (including phenoxy) is 1. The Morgan fingerprint density at radius 2 is 1.88 bits per heavy atom. The zero-order valence-electron chi connectivity index (χ0n) is 13.3. The number of benzene rings is 2. The Labute approximate surface area is 145 Å². The van der Waals surface area contributed by atoms with E-state index in [9.17, 15) is 4.79 Å². The molecule has 0 saturated heterocycles. The Bertz CT molecular complexity index is 853. The Hall–Kier alpha value is -2.72. The van der Waals surface area contributed by atoms with Gasteiger partial charge in [-0.3, -0.25) is 4.79 Å². The van der Waals surface area contributed by atoms with Gasteiger partial charge >= 0.3 is 0 Å². The number of hydrogen-bond acceptors (Lipinski definition) is 4. The van der Waals surface area contributed by atoms with E-state index in [-0.39, 0.29) is 5.78 Å². The van der Waals surface area contributed by atoms with Crippen LogP contribution in [0.5, 0.6) is 5.75 Å². The molecule has 0 amide bonds. The highest BCUT2D eigenvalue weighted by molar-refractivity contribution is 7.12. The maximum absolute atomic E-state index is 12.2. The average molecular weight is 335 g/mol. The second-order valence-corrected chi connectivity index (χ2v) is 6.13. The summed E-state index contributed by atoms with van der Waals surface area (Å²) in [5.74, 6) is 0.722. The van der Waals surface area contributed by atoms with Crippen molar-refractivity contribution in [2.24, 2.45) is 0 Å². The molecule has 0 saturated carbocycles. The lowest BCUT2D eigenvalue weighted by Crippen LogP contribution is -1.97. The predicted molar refractivity (Wildman–Crippen MR) is 97.4 cm³/mol. The fourth-order valence-corrected chi connectivity index (χ4v) is 2.99. The quantitative estimate of drug-likeness (QED) is 0.474. The topological polar surface area (TPSA) is 39.2 Å². The number of carbonyl (C=O) groups excluding carboxylic acids is 1. The number of allylic oxidation sites excluding steroid dienone is 1. The van der Waals surface area contributed by atoms with Crippen LogP contribution in [-0.4, -0.2) is 10.8 Å². The number of aromatic nitrogens is 1. The third-order valence-corrected chi connectivity index (χ3v) is 4.48. The molecule has 0 atom stereocenters. The Kier molecular flexibility index (Phi) is 5.18. The third kappa shape index (κ3) is 3.97. The van der Waals surface area contributed by atoms with Gasteiger partial charge in [0.1, 0.15) is 12.4 Å². The minimum atomic E-state index is -0.0344. The second-order valence-electron chi connectivity index (χ2n) is 5.28. The van der Waals surface area contributed by atoms with Gasteiger partial charge in [0.15, 0.2) is 5.78 Å². The van der Waals surface area contributed by atoms with Crippen molar-refractivity contribution in [3.05, 3.63) is 87.9 Å². The van der Waals surface area contributed by atoms with Crippen molar-refractivity contribution in [2.45, 2.75) is 13.5 Å². The molecule has 3 nitrogen and oxygen atoms in total. The highest BCUT2D eigenvalue weighted by Crippen LogP contribution is 2.22. The second kappa shape index (κ2) is 7.70. The zero-order valence-corrected chi connectivity index (χ0v) is 14.1. The van der Waals surface area contributed by atoms with Gasteiger partial charge in [-0.2, -0.15) is 0 Å². The van der Waals surface area contributed by atoms with Crippen LogP contribution in [-0.2, 0) is 6.61 Å². The minimum absolute atomic E-state index is 0.0344. The van der Waals surface area contributed by atoms with Crippen molar-refractivity contribution in [3.63, 3.8) is 0 Å². The van der Waals surface area contributed by atoms with Crippen LogP contribution in [0.15, 0.2) is 66.2 Å². The van der Waals surface area contributed by atoms with Crippen LogP contribution in [0, 0.1) is 6.92 Å². The molecule has 0 aliphatic carbocycles. The van der Waals surface area contributed by atoms with Gasteiger partial charge in [-0.25, -0.2) is 4.98 Å². The van der Waals surface area contributed by atoms with E-state index in [0.29, 0.717) is 11.5 Å². The molecule has 0 unspecified atom stereocenters. The predicted octanol–water partition coefficient (Wildman–Crippen LogP) is 4.93. The van der Waals surface area contributed by atoms with E-state index in [4.69, 9.17) is 4.74 Å². The van der Waals surface area contributed by atoms with Crippen LogP contribution >= 0.6 is 11.3 Å². The van der Waals surface area contributed by atoms with Crippen molar-refractivity contribution < 1.29 is 9.53 Å². The maximum atomic E-state index is 12.2. The zero-order chi connectivity index (χ0) is 16.8. The molecule has 0 bridgehead atoms. The molecule has 1 heterocycles. The fourth-order valence-electron chi connectivity index (χ4n) is 2.26. The summed E-state index contributed by atoms with van der Waals surface area (Å²) >= 11 is 1.36. The smallest absolute Gasteiger partial charge is 0.197 e. The van der Waals surface area contributed by atoms with Crippen molar-refractivity contribution in [1.82, 2.24) is 4.98 Å². The Morgan fingerprint density at radius 3 is 2.62 bits per heavy atom. The van der Waals surface area contributed by atoms with Crippen molar-refractivity contribution in [2.75, 3.05) is 0 Å². The van der Waals surface area contributed by atoms with E-state index < -0.39 is 0 Å². The number of ketones is 1. The first kappa shape index (κ1) is 16.1. The normalized spacial score (nSPS) is 10.9. The number of carbonyl (C=O) groups is 1. The summed E-state index contributed by atoms with van der Waals surface area (Å²) < 4.78 is 5.90. The summed E-state index contributed by atoms with van der Waals surface area (Å²) in [7, 11) is 0. The Balaban J connectivity index is 1.73. The number of nitrogens with zero attached hydrogens (tertiary/aromatic N) is 1. The first-order chi connectivity index (χ1) is 11.7. The van der Waals surface area contributed by atoms with Crippen LogP contribution in [0.4, 0.5) is 0 Å². The first-order valence-corrected chi connectivity index (χ1v) is 8.50. The van der Waals surface area contributed by atoms with Gasteiger partial charge in [0, 0.05) is 5.56 Å².